The molecule has 7 heteroatoms. The van der Waals surface area contributed by atoms with E-state index in [0.29, 0.717) is 6.42 Å². The Morgan fingerprint density at radius 1 is 1.53 bits per heavy atom. The summed E-state index contributed by atoms with van der Waals surface area (Å²) in [5, 5.41) is 11.6. The van der Waals surface area contributed by atoms with Crippen LogP contribution in [0.5, 0.6) is 0 Å². The van der Waals surface area contributed by atoms with E-state index in [9.17, 15) is 9.59 Å². The molecule has 1 saturated heterocycles. The summed E-state index contributed by atoms with van der Waals surface area (Å²) in [5.74, 6) is -1.75. The van der Waals surface area contributed by atoms with E-state index in [4.69, 9.17) is 5.11 Å². The average Bonchev–Trinajstić information content (AvgIpc) is 2.61. The summed E-state index contributed by atoms with van der Waals surface area (Å²) >= 11 is 8.19. The Labute approximate surface area is 98.4 Å². The minimum atomic E-state index is -1.00. The molecule has 0 aromatic rings. The standard InChI is InChI=1S/C8H13NO4S2/c1-13-7(12)4-2-3(8(14)15)5(9-4)6(10)11/h3-5,8-9,14-15H,2H2,1H3,(H,10,11). The van der Waals surface area contributed by atoms with Crippen LogP contribution in [-0.4, -0.2) is 40.8 Å². The van der Waals surface area contributed by atoms with E-state index in [1.165, 1.54) is 7.11 Å². The topological polar surface area (TPSA) is 75.6 Å². The largest absolute Gasteiger partial charge is 0.480 e. The molecule has 0 bridgehead atoms. The molecule has 3 unspecified atom stereocenters. The quantitative estimate of drug-likeness (QED) is 0.317. The summed E-state index contributed by atoms with van der Waals surface area (Å²) in [5.41, 5.74) is 0. The lowest BCUT2D eigenvalue weighted by molar-refractivity contribution is -0.143. The van der Waals surface area contributed by atoms with Gasteiger partial charge in [0, 0.05) is 10.5 Å². The second-order valence-corrected chi connectivity index (χ2v) is 4.89. The molecule has 3 atom stereocenters. The number of carboxylic acid groups (broad SMARTS) is 1. The van der Waals surface area contributed by atoms with Crippen LogP contribution < -0.4 is 5.32 Å². The van der Waals surface area contributed by atoms with Crippen molar-refractivity contribution in [3.05, 3.63) is 0 Å². The van der Waals surface area contributed by atoms with Gasteiger partial charge in [0.15, 0.2) is 0 Å². The molecular formula is C8H13NO4S2. The minimum absolute atomic E-state index is 0.293. The number of aliphatic carboxylic acids is 1. The molecule has 86 valence electrons. The summed E-state index contributed by atoms with van der Waals surface area (Å²) in [4.78, 5) is 22.1. The van der Waals surface area contributed by atoms with Crippen LogP contribution in [0.25, 0.3) is 0 Å². The van der Waals surface area contributed by atoms with E-state index in [1.807, 2.05) is 0 Å². The SMILES string of the molecule is COC(=O)C1CC(C(S)S)C(C(=O)O)N1. The predicted molar refractivity (Wildman–Crippen MR) is 60.2 cm³/mol. The molecule has 0 aromatic heterocycles. The van der Waals surface area contributed by atoms with Gasteiger partial charge in [-0.2, -0.15) is 25.3 Å². The van der Waals surface area contributed by atoms with Crippen LogP contribution in [0.4, 0.5) is 0 Å². The van der Waals surface area contributed by atoms with E-state index < -0.39 is 24.0 Å². The third-order valence-corrected chi connectivity index (χ3v) is 3.22. The van der Waals surface area contributed by atoms with E-state index in [0.717, 1.165) is 0 Å². The zero-order chi connectivity index (χ0) is 11.6. The number of ether oxygens (including phenoxy) is 1. The first kappa shape index (κ1) is 12.7. The van der Waals surface area contributed by atoms with Gasteiger partial charge >= 0.3 is 11.9 Å². The fraction of sp³-hybridized carbons (Fsp3) is 0.750. The van der Waals surface area contributed by atoms with Crippen LogP contribution in [-0.2, 0) is 14.3 Å². The molecule has 0 aromatic carbocycles. The number of thiol groups is 2. The number of nitrogens with one attached hydrogen (secondary N) is 1. The van der Waals surface area contributed by atoms with Crippen LogP contribution in [0.2, 0.25) is 0 Å². The van der Waals surface area contributed by atoms with Gasteiger partial charge in [0.05, 0.1) is 7.11 Å². The van der Waals surface area contributed by atoms with Crippen LogP contribution in [0, 0.1) is 5.92 Å². The van der Waals surface area contributed by atoms with Gasteiger partial charge in [0.1, 0.15) is 12.1 Å². The van der Waals surface area contributed by atoms with Crippen molar-refractivity contribution in [3.63, 3.8) is 0 Å². The van der Waals surface area contributed by atoms with Gasteiger partial charge in [-0.15, -0.1) is 0 Å². The lowest BCUT2D eigenvalue weighted by Crippen LogP contribution is -2.42. The molecule has 0 aliphatic carbocycles. The minimum Gasteiger partial charge on any atom is -0.480 e. The van der Waals surface area contributed by atoms with Crippen LogP contribution >= 0.6 is 25.3 Å². The molecule has 15 heavy (non-hydrogen) atoms. The Balaban J connectivity index is 2.73. The average molecular weight is 251 g/mol. The maximum absolute atomic E-state index is 11.2. The van der Waals surface area contributed by atoms with E-state index >= 15 is 0 Å². The monoisotopic (exact) mass is 251 g/mol. The highest BCUT2D eigenvalue weighted by atomic mass is 32.2. The van der Waals surface area contributed by atoms with Gasteiger partial charge in [-0.3, -0.25) is 14.9 Å². The fourth-order valence-corrected chi connectivity index (χ4v) is 2.26. The van der Waals surface area contributed by atoms with Crippen LogP contribution in [0.1, 0.15) is 6.42 Å². The first-order chi connectivity index (χ1) is 6.97. The number of carbonyl (C=O) groups excluding carboxylic acids is 1. The Hall–Kier alpha value is -0.400. The molecule has 0 radical (unpaired) electrons. The number of methoxy groups -OCH3 is 1. The second kappa shape index (κ2) is 5.09. The van der Waals surface area contributed by atoms with Gasteiger partial charge in [-0.05, 0) is 6.42 Å². The highest BCUT2D eigenvalue weighted by Gasteiger charge is 2.43. The number of carbonyl (C=O) groups is 2. The zero-order valence-corrected chi connectivity index (χ0v) is 9.87. The summed E-state index contributed by atoms with van der Waals surface area (Å²) in [6, 6.07) is -1.38. The second-order valence-electron chi connectivity index (χ2n) is 3.37. The molecule has 0 amide bonds. The first-order valence-corrected chi connectivity index (χ1v) is 5.43. The van der Waals surface area contributed by atoms with Crippen molar-refractivity contribution in [2.45, 2.75) is 23.1 Å². The maximum Gasteiger partial charge on any atom is 0.322 e. The Kier molecular flexibility index (Phi) is 4.30. The normalized spacial score (nSPS) is 30.5. The van der Waals surface area contributed by atoms with Gasteiger partial charge in [-0.1, -0.05) is 0 Å². The zero-order valence-electron chi connectivity index (χ0n) is 8.08. The van der Waals surface area contributed by atoms with E-state index in [1.54, 1.807) is 0 Å². The van der Waals surface area contributed by atoms with Crippen molar-refractivity contribution in [3.8, 4) is 0 Å². The van der Waals surface area contributed by atoms with Crippen molar-refractivity contribution in [2.24, 2.45) is 5.92 Å². The molecule has 2 N–H and O–H groups in total. The van der Waals surface area contributed by atoms with Crippen molar-refractivity contribution in [2.75, 3.05) is 7.11 Å². The molecule has 1 rings (SSSR count). The number of rotatable bonds is 3. The number of hydrogen-bond acceptors (Lipinski definition) is 6. The van der Waals surface area contributed by atoms with Crippen molar-refractivity contribution >= 4 is 37.2 Å². The van der Waals surface area contributed by atoms with Crippen molar-refractivity contribution < 1.29 is 19.4 Å². The summed E-state index contributed by atoms with van der Waals surface area (Å²) in [7, 11) is 1.27. The van der Waals surface area contributed by atoms with Crippen molar-refractivity contribution in [1.82, 2.24) is 5.32 Å². The Morgan fingerprint density at radius 2 is 2.13 bits per heavy atom. The van der Waals surface area contributed by atoms with Gasteiger partial charge in [-0.25, -0.2) is 0 Å². The summed E-state index contributed by atoms with van der Waals surface area (Å²) in [6.07, 6.45) is 0.376. The highest BCUT2D eigenvalue weighted by Crippen LogP contribution is 2.29. The van der Waals surface area contributed by atoms with Gasteiger partial charge in [0.25, 0.3) is 0 Å². The van der Waals surface area contributed by atoms with E-state index in [2.05, 4.69) is 35.3 Å². The maximum atomic E-state index is 11.2. The lowest BCUT2D eigenvalue weighted by atomic mass is 10.0. The third-order valence-electron chi connectivity index (χ3n) is 2.45. The molecular weight excluding hydrogens is 238 g/mol. The third kappa shape index (κ3) is 2.79. The molecule has 1 aliphatic heterocycles. The Bertz CT molecular complexity index is 271. The van der Waals surface area contributed by atoms with Gasteiger partial charge in [0.2, 0.25) is 0 Å². The van der Waals surface area contributed by atoms with E-state index in [-0.39, 0.29) is 10.5 Å². The summed E-state index contributed by atoms with van der Waals surface area (Å²) in [6.45, 7) is 0. The first-order valence-electron chi connectivity index (χ1n) is 4.40. The smallest absolute Gasteiger partial charge is 0.322 e. The Morgan fingerprint density at radius 3 is 2.47 bits per heavy atom. The van der Waals surface area contributed by atoms with Gasteiger partial charge < -0.3 is 9.84 Å². The van der Waals surface area contributed by atoms with Crippen LogP contribution in [0.15, 0.2) is 0 Å². The highest BCUT2D eigenvalue weighted by molar-refractivity contribution is 7.99. The molecule has 0 spiro atoms. The van der Waals surface area contributed by atoms with Crippen molar-refractivity contribution in [1.29, 1.82) is 0 Å². The molecule has 1 aliphatic rings. The lowest BCUT2D eigenvalue weighted by Gasteiger charge is -2.16. The predicted octanol–water partition coefficient (Wildman–Crippen LogP) is -0.224. The number of hydrogen-bond donors (Lipinski definition) is 4. The fourth-order valence-electron chi connectivity index (χ4n) is 1.67. The molecule has 1 fully saturated rings. The number of esters is 1. The molecule has 5 nitrogen and oxygen atoms in total. The number of carboxylic acids is 1. The molecule has 0 saturated carbocycles. The van der Waals surface area contributed by atoms with Crippen LogP contribution in [0.3, 0.4) is 0 Å². The molecule has 1 heterocycles. The summed E-state index contributed by atoms with van der Waals surface area (Å²) < 4.78 is 4.16.